The molecule has 1 spiro atoms. The molecule has 6 nitrogen and oxygen atoms in total. The van der Waals surface area contributed by atoms with Crippen molar-refractivity contribution < 1.29 is 9.32 Å². The van der Waals surface area contributed by atoms with Gasteiger partial charge in [0.2, 0.25) is 11.7 Å². The van der Waals surface area contributed by atoms with Crippen molar-refractivity contribution in [2.75, 3.05) is 23.3 Å². The van der Waals surface area contributed by atoms with Crippen LogP contribution in [0.2, 0.25) is 10.0 Å². The highest BCUT2D eigenvalue weighted by Gasteiger charge is 2.51. The Balaban J connectivity index is 1.45. The van der Waals surface area contributed by atoms with Crippen molar-refractivity contribution in [1.29, 1.82) is 0 Å². The van der Waals surface area contributed by atoms with E-state index < -0.39 is 5.41 Å². The number of hydrogen-bond donors (Lipinski definition) is 1. The van der Waals surface area contributed by atoms with Crippen LogP contribution in [0.15, 0.2) is 47.0 Å². The Labute approximate surface area is 165 Å². The molecule has 1 aromatic heterocycles. The number of amides is 1. The molecule has 2 aliphatic heterocycles. The molecule has 2 aromatic carbocycles. The monoisotopic (exact) mass is 400 g/mol. The quantitative estimate of drug-likeness (QED) is 0.699. The maximum atomic E-state index is 12.7. The third-order valence-electron chi connectivity index (χ3n) is 5.20. The summed E-state index contributed by atoms with van der Waals surface area (Å²) in [5.41, 5.74) is 2.01. The van der Waals surface area contributed by atoms with Crippen molar-refractivity contribution >= 4 is 40.8 Å². The van der Waals surface area contributed by atoms with E-state index in [1.165, 1.54) is 0 Å². The number of halogens is 2. The molecule has 1 fully saturated rings. The number of aromatic nitrogens is 2. The molecule has 0 saturated carbocycles. The molecule has 8 heteroatoms. The van der Waals surface area contributed by atoms with E-state index in [2.05, 4.69) is 15.5 Å². The van der Waals surface area contributed by atoms with E-state index in [1.807, 2.05) is 29.2 Å². The molecule has 5 rings (SSSR count). The molecule has 3 aromatic rings. The molecule has 3 heterocycles. The summed E-state index contributed by atoms with van der Waals surface area (Å²) in [6, 6.07) is 13.3. The predicted octanol–water partition coefficient (Wildman–Crippen LogP) is 4.14. The first-order valence-corrected chi connectivity index (χ1v) is 9.27. The molecular weight excluding hydrogens is 387 g/mol. The topological polar surface area (TPSA) is 71.3 Å². The number of fused-ring (bicyclic) bond motifs is 2. The zero-order valence-corrected chi connectivity index (χ0v) is 15.6. The zero-order valence-electron chi connectivity index (χ0n) is 14.1. The van der Waals surface area contributed by atoms with Crippen LogP contribution in [0.4, 0.5) is 11.7 Å². The summed E-state index contributed by atoms with van der Waals surface area (Å²) in [5, 5.41) is 8.04. The Morgan fingerprint density at radius 3 is 2.74 bits per heavy atom. The molecule has 0 bridgehead atoms. The van der Waals surface area contributed by atoms with Gasteiger partial charge in [0.05, 0.1) is 5.41 Å². The fraction of sp³-hybridized carbons (Fsp3) is 0.211. The van der Waals surface area contributed by atoms with Gasteiger partial charge in [0.1, 0.15) is 0 Å². The van der Waals surface area contributed by atoms with Gasteiger partial charge in [-0.1, -0.05) is 46.6 Å². The van der Waals surface area contributed by atoms with Crippen molar-refractivity contribution in [1.82, 2.24) is 10.1 Å². The summed E-state index contributed by atoms with van der Waals surface area (Å²) in [6.07, 6.45) is 0.691. The third-order valence-corrected chi connectivity index (χ3v) is 5.64. The van der Waals surface area contributed by atoms with E-state index in [4.69, 9.17) is 27.7 Å². The fourth-order valence-corrected chi connectivity index (χ4v) is 4.42. The highest BCUT2D eigenvalue weighted by molar-refractivity contribution is 6.35. The van der Waals surface area contributed by atoms with E-state index in [1.54, 1.807) is 18.2 Å². The molecule has 1 unspecified atom stereocenters. The second-order valence-corrected chi connectivity index (χ2v) is 7.68. The number of hydrogen-bond acceptors (Lipinski definition) is 5. The van der Waals surface area contributed by atoms with Gasteiger partial charge in [0.25, 0.3) is 0 Å². The molecule has 2 aliphatic rings. The average molecular weight is 401 g/mol. The molecule has 1 N–H and O–H groups in total. The molecule has 27 heavy (non-hydrogen) atoms. The first-order chi connectivity index (χ1) is 13.0. The molecule has 0 aliphatic carbocycles. The minimum absolute atomic E-state index is 0.0209. The maximum absolute atomic E-state index is 12.7. The lowest BCUT2D eigenvalue weighted by molar-refractivity contribution is -0.120. The van der Waals surface area contributed by atoms with E-state index >= 15 is 0 Å². The van der Waals surface area contributed by atoms with Crippen LogP contribution in [0.1, 0.15) is 12.0 Å². The Kier molecular flexibility index (Phi) is 3.67. The normalized spacial score (nSPS) is 21.0. The van der Waals surface area contributed by atoms with Crippen LogP contribution in [0.3, 0.4) is 0 Å². The van der Waals surface area contributed by atoms with Gasteiger partial charge >= 0.3 is 6.01 Å². The molecular formula is C19H14Cl2N4O2. The SMILES string of the molecule is O=C1Nc2ccccc2C12CCN(c1nc(-c3cc(Cl)cc(Cl)c3)no1)C2. The zero-order chi connectivity index (χ0) is 18.6. The van der Waals surface area contributed by atoms with Crippen molar-refractivity contribution in [2.24, 2.45) is 0 Å². The Morgan fingerprint density at radius 2 is 1.93 bits per heavy atom. The smallest absolute Gasteiger partial charge is 0.324 e. The number of nitrogens with zero attached hydrogens (tertiary/aromatic N) is 3. The predicted molar refractivity (Wildman–Crippen MR) is 103 cm³/mol. The van der Waals surface area contributed by atoms with Crippen LogP contribution in [-0.2, 0) is 10.2 Å². The molecule has 1 amide bonds. The highest BCUT2D eigenvalue weighted by atomic mass is 35.5. The van der Waals surface area contributed by atoms with Gasteiger partial charge in [0, 0.05) is 34.4 Å². The largest absolute Gasteiger partial charge is 0.325 e. The summed E-state index contributed by atoms with van der Waals surface area (Å²) < 4.78 is 5.46. The van der Waals surface area contributed by atoms with Crippen LogP contribution in [0.25, 0.3) is 11.4 Å². The number of para-hydroxylation sites is 1. The first-order valence-electron chi connectivity index (χ1n) is 8.51. The maximum Gasteiger partial charge on any atom is 0.324 e. The minimum atomic E-state index is -0.579. The van der Waals surface area contributed by atoms with Crippen LogP contribution in [-0.4, -0.2) is 29.1 Å². The number of carbonyl (C=O) groups is 1. The summed E-state index contributed by atoms with van der Waals surface area (Å²) in [7, 11) is 0. The van der Waals surface area contributed by atoms with Crippen LogP contribution >= 0.6 is 23.2 Å². The van der Waals surface area contributed by atoms with Gasteiger partial charge in [-0.25, -0.2) is 0 Å². The van der Waals surface area contributed by atoms with E-state index in [-0.39, 0.29) is 5.91 Å². The van der Waals surface area contributed by atoms with Crippen LogP contribution in [0, 0.1) is 0 Å². The number of rotatable bonds is 2. The van der Waals surface area contributed by atoms with Crippen molar-refractivity contribution in [3.63, 3.8) is 0 Å². The molecule has 1 saturated heterocycles. The summed E-state index contributed by atoms with van der Waals surface area (Å²) >= 11 is 12.1. The van der Waals surface area contributed by atoms with Crippen LogP contribution in [0.5, 0.6) is 0 Å². The lowest BCUT2D eigenvalue weighted by atomic mass is 9.81. The number of carbonyl (C=O) groups excluding carboxylic acids is 1. The van der Waals surface area contributed by atoms with Crippen molar-refractivity contribution in [3.8, 4) is 11.4 Å². The number of nitrogens with one attached hydrogen (secondary N) is 1. The first kappa shape index (κ1) is 16.6. The lowest BCUT2D eigenvalue weighted by Crippen LogP contribution is -2.37. The van der Waals surface area contributed by atoms with Gasteiger partial charge in [-0.2, -0.15) is 4.98 Å². The standard InChI is InChI=1S/C19H14Cl2N4O2/c20-12-7-11(8-13(21)9-12)16-23-18(27-24-16)25-6-5-19(10-25)14-3-1-2-4-15(14)22-17(19)26/h1-4,7-9H,5-6,10H2,(H,22,26). The third kappa shape index (κ3) is 2.59. The van der Waals surface area contributed by atoms with Gasteiger partial charge in [0.15, 0.2) is 0 Å². The summed E-state index contributed by atoms with van der Waals surface area (Å²) in [6.45, 7) is 1.15. The molecule has 1 atom stereocenters. The molecule has 136 valence electrons. The average Bonchev–Trinajstić information content (AvgIpc) is 3.34. The lowest BCUT2D eigenvalue weighted by Gasteiger charge is -2.21. The second kappa shape index (κ2) is 5.97. The van der Waals surface area contributed by atoms with Gasteiger partial charge in [-0.15, -0.1) is 0 Å². The molecule has 0 radical (unpaired) electrons. The fourth-order valence-electron chi connectivity index (χ4n) is 3.90. The summed E-state index contributed by atoms with van der Waals surface area (Å²) in [5.74, 6) is 0.430. The van der Waals surface area contributed by atoms with E-state index in [0.29, 0.717) is 47.0 Å². The van der Waals surface area contributed by atoms with Crippen molar-refractivity contribution in [2.45, 2.75) is 11.8 Å². The highest BCUT2D eigenvalue weighted by Crippen LogP contribution is 2.45. The Morgan fingerprint density at radius 1 is 1.15 bits per heavy atom. The van der Waals surface area contributed by atoms with Gasteiger partial charge < -0.3 is 14.7 Å². The van der Waals surface area contributed by atoms with E-state index in [9.17, 15) is 4.79 Å². The van der Waals surface area contributed by atoms with Crippen LogP contribution < -0.4 is 10.2 Å². The minimum Gasteiger partial charge on any atom is -0.325 e. The Hall–Kier alpha value is -2.57. The van der Waals surface area contributed by atoms with Crippen molar-refractivity contribution in [3.05, 3.63) is 58.1 Å². The van der Waals surface area contributed by atoms with E-state index in [0.717, 1.165) is 11.3 Å². The van der Waals surface area contributed by atoms with Gasteiger partial charge in [-0.3, -0.25) is 4.79 Å². The second-order valence-electron chi connectivity index (χ2n) is 6.81. The summed E-state index contributed by atoms with van der Waals surface area (Å²) in [4.78, 5) is 19.1. The Bertz CT molecular complexity index is 1050. The number of anilines is 2. The number of benzene rings is 2. The van der Waals surface area contributed by atoms with Gasteiger partial charge in [-0.05, 0) is 36.2 Å².